The van der Waals surface area contributed by atoms with E-state index in [0.717, 1.165) is 32.9 Å². The lowest BCUT2D eigenvalue weighted by Crippen LogP contribution is -2.33. The van der Waals surface area contributed by atoms with Gasteiger partial charge in [0.25, 0.3) is 5.91 Å². The van der Waals surface area contributed by atoms with Crippen LogP contribution >= 0.6 is 0 Å². The molecule has 0 aliphatic carbocycles. The highest BCUT2D eigenvalue weighted by atomic mass is 19.1. The number of piperidine rings is 1. The zero-order valence-corrected chi connectivity index (χ0v) is 15.6. The minimum absolute atomic E-state index is 0.00967. The van der Waals surface area contributed by atoms with Crippen molar-refractivity contribution in [2.24, 2.45) is 5.92 Å². The van der Waals surface area contributed by atoms with Gasteiger partial charge in [-0.3, -0.25) is 9.59 Å². The molecule has 0 bridgehead atoms. The molecule has 1 fully saturated rings. The van der Waals surface area contributed by atoms with Crippen LogP contribution in [0.4, 0.5) is 19.0 Å². The largest absolute Gasteiger partial charge is 0.306 e. The van der Waals surface area contributed by atoms with Crippen molar-refractivity contribution in [3.63, 3.8) is 0 Å². The highest BCUT2D eigenvalue weighted by Crippen LogP contribution is 2.23. The van der Waals surface area contributed by atoms with E-state index in [2.05, 4.69) is 15.2 Å². The molecule has 0 unspecified atom stereocenters. The molecule has 1 amide bonds. The Morgan fingerprint density at radius 2 is 1.82 bits per heavy atom. The van der Waals surface area contributed by atoms with Crippen LogP contribution in [0.5, 0.6) is 0 Å². The summed E-state index contributed by atoms with van der Waals surface area (Å²) in [4.78, 5) is 31.2. The molecule has 3 rings (SSSR count). The predicted octanol–water partition coefficient (Wildman–Crippen LogP) is 3.58. The second-order valence-electron chi connectivity index (χ2n) is 6.96. The van der Waals surface area contributed by atoms with E-state index >= 15 is 0 Å². The highest BCUT2D eigenvalue weighted by Gasteiger charge is 2.26. The number of hydrogen-bond acceptors (Lipinski definition) is 4. The monoisotopic (exact) mass is 391 g/mol. The van der Waals surface area contributed by atoms with Crippen molar-refractivity contribution in [2.45, 2.75) is 19.8 Å². The maximum atomic E-state index is 14.1. The normalized spacial score (nSPS) is 15.5. The van der Waals surface area contributed by atoms with Crippen molar-refractivity contribution in [1.29, 1.82) is 0 Å². The second-order valence-corrected chi connectivity index (χ2v) is 6.96. The Morgan fingerprint density at radius 1 is 1.14 bits per heavy atom. The van der Waals surface area contributed by atoms with Crippen LogP contribution in [0.3, 0.4) is 0 Å². The van der Waals surface area contributed by atoms with Crippen LogP contribution in [0, 0.1) is 30.3 Å². The predicted molar refractivity (Wildman–Crippen MR) is 97.8 cm³/mol. The van der Waals surface area contributed by atoms with Gasteiger partial charge in [0.1, 0.15) is 34.5 Å². The maximum absolute atomic E-state index is 14.1. The van der Waals surface area contributed by atoms with Crippen LogP contribution in [0.15, 0.2) is 24.3 Å². The molecule has 0 radical (unpaired) electrons. The van der Waals surface area contributed by atoms with Gasteiger partial charge in [0.2, 0.25) is 0 Å². The number of hydrogen-bond donors (Lipinski definition) is 1. The number of anilines is 1. The Labute approximate surface area is 160 Å². The lowest BCUT2D eigenvalue weighted by atomic mass is 9.91. The topological polar surface area (TPSA) is 62.3 Å². The third-order valence-corrected chi connectivity index (χ3v) is 4.96. The fraction of sp³-hybridized carbons (Fsp3) is 0.350. The summed E-state index contributed by atoms with van der Waals surface area (Å²) in [7, 11) is 1.99. The zero-order valence-electron chi connectivity index (χ0n) is 15.6. The number of halogens is 3. The summed E-state index contributed by atoms with van der Waals surface area (Å²) in [6, 6.07) is 4.95. The molecule has 2 heterocycles. The quantitative estimate of drug-likeness (QED) is 0.810. The van der Waals surface area contributed by atoms with Crippen LogP contribution < -0.4 is 5.32 Å². The SMILES string of the molecule is Cc1c(F)cc(F)c(C(=O)Nc2cccc(C(=O)C3CCN(C)CC3)n2)c1F. The van der Waals surface area contributed by atoms with E-state index in [0.29, 0.717) is 6.07 Å². The fourth-order valence-electron chi connectivity index (χ4n) is 3.20. The number of carbonyl (C=O) groups excluding carboxylic acids is 2. The van der Waals surface area contributed by atoms with Crippen molar-refractivity contribution < 1.29 is 22.8 Å². The smallest absolute Gasteiger partial charge is 0.262 e. The third-order valence-electron chi connectivity index (χ3n) is 4.96. The van der Waals surface area contributed by atoms with Crippen LogP contribution in [0.2, 0.25) is 0 Å². The lowest BCUT2D eigenvalue weighted by Gasteiger charge is -2.27. The summed E-state index contributed by atoms with van der Waals surface area (Å²) in [5, 5.41) is 2.28. The van der Waals surface area contributed by atoms with Gasteiger partial charge in [0.05, 0.1) is 0 Å². The van der Waals surface area contributed by atoms with Gasteiger partial charge in [0, 0.05) is 17.5 Å². The summed E-state index contributed by atoms with van der Waals surface area (Å²) in [5.41, 5.74) is -1.16. The molecular formula is C20H20F3N3O2. The van der Waals surface area contributed by atoms with Crippen molar-refractivity contribution in [3.8, 4) is 0 Å². The van der Waals surface area contributed by atoms with E-state index in [9.17, 15) is 22.8 Å². The first-order valence-electron chi connectivity index (χ1n) is 8.93. The molecule has 0 saturated carbocycles. The second kappa shape index (κ2) is 8.10. The van der Waals surface area contributed by atoms with Crippen molar-refractivity contribution in [2.75, 3.05) is 25.5 Å². The number of pyridine rings is 1. The zero-order chi connectivity index (χ0) is 20.4. The summed E-state index contributed by atoms with van der Waals surface area (Å²) in [6.45, 7) is 2.74. The molecule has 8 heteroatoms. The molecule has 1 aliphatic rings. The molecule has 148 valence electrons. The first-order chi connectivity index (χ1) is 13.3. The molecule has 1 N–H and O–H groups in total. The van der Waals surface area contributed by atoms with Crippen LogP contribution in [-0.4, -0.2) is 41.7 Å². The number of nitrogens with zero attached hydrogens (tertiary/aromatic N) is 2. The maximum Gasteiger partial charge on any atom is 0.262 e. The summed E-state index contributed by atoms with van der Waals surface area (Å²) < 4.78 is 41.4. The fourth-order valence-corrected chi connectivity index (χ4v) is 3.20. The Kier molecular flexibility index (Phi) is 5.79. The molecule has 1 saturated heterocycles. The number of carbonyl (C=O) groups is 2. The van der Waals surface area contributed by atoms with E-state index < -0.39 is 34.5 Å². The average molecular weight is 391 g/mol. The number of aromatic nitrogens is 1. The molecule has 0 atom stereocenters. The van der Waals surface area contributed by atoms with Gasteiger partial charge in [-0.1, -0.05) is 6.07 Å². The summed E-state index contributed by atoms with van der Waals surface area (Å²) in [5.74, 6) is -5.04. The molecule has 0 spiro atoms. The van der Waals surface area contributed by atoms with Crippen molar-refractivity contribution in [3.05, 3.63) is 58.5 Å². The van der Waals surface area contributed by atoms with E-state index in [1.165, 1.54) is 12.1 Å². The van der Waals surface area contributed by atoms with Gasteiger partial charge >= 0.3 is 0 Å². The van der Waals surface area contributed by atoms with E-state index in [4.69, 9.17) is 0 Å². The number of nitrogens with one attached hydrogen (secondary N) is 1. The van der Waals surface area contributed by atoms with Crippen LogP contribution in [0.1, 0.15) is 39.3 Å². The molecule has 5 nitrogen and oxygen atoms in total. The van der Waals surface area contributed by atoms with E-state index in [-0.39, 0.29) is 23.2 Å². The minimum atomic E-state index is -1.31. The van der Waals surface area contributed by atoms with Crippen LogP contribution in [0.25, 0.3) is 0 Å². The minimum Gasteiger partial charge on any atom is -0.306 e. The Hall–Kier alpha value is -2.74. The van der Waals surface area contributed by atoms with Gasteiger partial charge in [-0.2, -0.15) is 0 Å². The van der Waals surface area contributed by atoms with Gasteiger partial charge in [-0.25, -0.2) is 18.2 Å². The molecule has 1 aliphatic heterocycles. The first-order valence-corrected chi connectivity index (χ1v) is 8.93. The van der Waals surface area contributed by atoms with Gasteiger partial charge in [-0.15, -0.1) is 0 Å². The Morgan fingerprint density at radius 3 is 2.50 bits per heavy atom. The molecule has 28 heavy (non-hydrogen) atoms. The van der Waals surface area contributed by atoms with Crippen molar-refractivity contribution >= 4 is 17.5 Å². The Bertz CT molecular complexity index is 925. The standard InChI is InChI=1S/C20H20F3N3O2/c1-11-13(21)10-14(22)17(18(11)23)20(28)25-16-5-3-4-15(24-16)19(27)12-6-8-26(2)9-7-12/h3-5,10,12H,6-9H2,1-2H3,(H,24,25,28). The van der Waals surface area contributed by atoms with Gasteiger partial charge in [-0.05, 0) is 52.0 Å². The number of likely N-dealkylation sites (tertiary alicyclic amines) is 1. The average Bonchev–Trinajstić information content (AvgIpc) is 2.66. The number of rotatable bonds is 4. The van der Waals surface area contributed by atoms with Gasteiger partial charge in [0.15, 0.2) is 5.78 Å². The highest BCUT2D eigenvalue weighted by molar-refractivity contribution is 6.04. The third kappa shape index (κ3) is 4.06. The van der Waals surface area contributed by atoms with Crippen LogP contribution in [-0.2, 0) is 0 Å². The molecular weight excluding hydrogens is 371 g/mol. The van der Waals surface area contributed by atoms with Gasteiger partial charge < -0.3 is 10.2 Å². The number of amides is 1. The Balaban J connectivity index is 1.79. The van der Waals surface area contributed by atoms with E-state index in [1.807, 2.05) is 7.05 Å². The lowest BCUT2D eigenvalue weighted by molar-refractivity contribution is 0.0851. The number of ketones is 1. The molecule has 2 aromatic rings. The summed E-state index contributed by atoms with van der Waals surface area (Å²) >= 11 is 0. The molecule has 1 aromatic heterocycles. The van der Waals surface area contributed by atoms with E-state index in [1.54, 1.807) is 6.07 Å². The molecule has 1 aromatic carbocycles. The van der Waals surface area contributed by atoms with Crippen molar-refractivity contribution in [1.82, 2.24) is 9.88 Å². The number of benzene rings is 1. The first kappa shape index (κ1) is 20.0. The summed E-state index contributed by atoms with van der Waals surface area (Å²) in [6.07, 6.45) is 1.44. The number of Topliss-reactive ketones (excluding diaryl/α,β-unsaturated/α-hetero) is 1.